The number of hydrogen-bond acceptors (Lipinski definition) is 3. The highest BCUT2D eigenvalue weighted by molar-refractivity contribution is 6.31. The van der Waals surface area contributed by atoms with Crippen LogP contribution in [0.3, 0.4) is 0 Å². The van der Waals surface area contributed by atoms with Gasteiger partial charge in [0.05, 0.1) is 17.6 Å². The first-order valence-electron chi connectivity index (χ1n) is 10.3. The molecule has 1 aromatic carbocycles. The van der Waals surface area contributed by atoms with Gasteiger partial charge < -0.3 is 10.3 Å². The van der Waals surface area contributed by atoms with Gasteiger partial charge in [0.25, 0.3) is 0 Å². The minimum atomic E-state index is 0.186. The Morgan fingerprint density at radius 1 is 1.26 bits per heavy atom. The van der Waals surface area contributed by atoms with Crippen LogP contribution in [0.2, 0.25) is 5.02 Å². The number of piperidine rings is 1. The maximum Gasteiger partial charge on any atom is 0.234 e. The van der Waals surface area contributed by atoms with E-state index in [4.69, 9.17) is 16.6 Å². The highest BCUT2D eigenvalue weighted by Crippen LogP contribution is 2.28. The van der Waals surface area contributed by atoms with E-state index in [0.29, 0.717) is 24.4 Å². The van der Waals surface area contributed by atoms with Crippen LogP contribution in [0.1, 0.15) is 57.2 Å². The lowest BCUT2D eigenvalue weighted by atomic mass is 9.86. The van der Waals surface area contributed by atoms with Gasteiger partial charge in [0.2, 0.25) is 5.91 Å². The van der Waals surface area contributed by atoms with Crippen molar-refractivity contribution in [3.8, 4) is 0 Å². The fourth-order valence-corrected chi connectivity index (χ4v) is 4.72. The molecule has 1 aromatic heterocycles. The first-order valence-corrected chi connectivity index (χ1v) is 10.6. The van der Waals surface area contributed by atoms with Crippen LogP contribution >= 0.6 is 11.6 Å². The standard InChI is InChI=1S/C21H29ClN4O/c1-14-4-2-3-5-17(14)23-20(27)13-26-10-8-15(9-11-26)21-24-18-7-6-16(22)12-19(18)25-21/h6-7,12,14-15,17H,2-5,8-11,13H2,1H3,(H,23,27)(H,24,25)/t14-,17+/m1/s1. The molecule has 2 heterocycles. The fourth-order valence-electron chi connectivity index (χ4n) is 4.55. The number of hydrogen-bond donors (Lipinski definition) is 2. The summed E-state index contributed by atoms with van der Waals surface area (Å²) in [4.78, 5) is 22.9. The molecular weight excluding hydrogens is 360 g/mol. The normalized spacial score (nSPS) is 25.0. The number of imidazole rings is 1. The first-order chi connectivity index (χ1) is 13.1. The fraction of sp³-hybridized carbons (Fsp3) is 0.619. The van der Waals surface area contributed by atoms with Crippen molar-refractivity contribution in [3.05, 3.63) is 29.0 Å². The summed E-state index contributed by atoms with van der Waals surface area (Å²) in [5.41, 5.74) is 1.97. The summed E-state index contributed by atoms with van der Waals surface area (Å²) < 4.78 is 0. The number of amides is 1. The van der Waals surface area contributed by atoms with E-state index in [2.05, 4.69) is 22.1 Å². The molecule has 2 N–H and O–H groups in total. The van der Waals surface area contributed by atoms with Gasteiger partial charge in [-0.1, -0.05) is 31.4 Å². The van der Waals surface area contributed by atoms with Crippen molar-refractivity contribution < 1.29 is 4.79 Å². The van der Waals surface area contributed by atoms with E-state index in [0.717, 1.165) is 54.2 Å². The lowest BCUT2D eigenvalue weighted by Gasteiger charge is -2.33. The van der Waals surface area contributed by atoms with Crippen molar-refractivity contribution in [1.82, 2.24) is 20.2 Å². The Morgan fingerprint density at radius 2 is 2.04 bits per heavy atom. The average Bonchev–Trinajstić information content (AvgIpc) is 3.07. The van der Waals surface area contributed by atoms with Crippen LogP contribution in [0.4, 0.5) is 0 Å². The van der Waals surface area contributed by atoms with Crippen LogP contribution in [0.5, 0.6) is 0 Å². The van der Waals surface area contributed by atoms with Gasteiger partial charge in [-0.05, 0) is 62.9 Å². The molecule has 5 nitrogen and oxygen atoms in total. The Kier molecular flexibility index (Phi) is 5.69. The number of fused-ring (bicyclic) bond motifs is 1. The third kappa shape index (κ3) is 4.46. The number of aromatic amines is 1. The van der Waals surface area contributed by atoms with E-state index in [9.17, 15) is 4.79 Å². The maximum absolute atomic E-state index is 12.4. The van der Waals surface area contributed by atoms with Gasteiger partial charge in [-0.3, -0.25) is 9.69 Å². The summed E-state index contributed by atoms with van der Waals surface area (Å²) >= 11 is 6.07. The molecule has 4 rings (SSSR count). The second kappa shape index (κ2) is 8.19. The molecule has 0 bridgehead atoms. The van der Waals surface area contributed by atoms with Crippen LogP contribution in [-0.2, 0) is 4.79 Å². The Balaban J connectivity index is 1.28. The minimum absolute atomic E-state index is 0.186. The van der Waals surface area contributed by atoms with Crippen molar-refractivity contribution in [1.29, 1.82) is 0 Å². The largest absolute Gasteiger partial charge is 0.352 e. The molecule has 0 unspecified atom stereocenters. The van der Waals surface area contributed by atoms with E-state index in [-0.39, 0.29) is 5.91 Å². The van der Waals surface area contributed by atoms with Crippen LogP contribution in [0.25, 0.3) is 11.0 Å². The number of aromatic nitrogens is 2. The summed E-state index contributed by atoms with van der Waals surface area (Å²) in [7, 11) is 0. The van der Waals surface area contributed by atoms with Crippen molar-refractivity contribution in [3.63, 3.8) is 0 Å². The topological polar surface area (TPSA) is 61.0 Å². The third-order valence-corrected chi connectivity index (χ3v) is 6.50. The van der Waals surface area contributed by atoms with Gasteiger partial charge in [-0.25, -0.2) is 4.98 Å². The van der Waals surface area contributed by atoms with Crippen LogP contribution < -0.4 is 5.32 Å². The molecule has 146 valence electrons. The molecule has 0 radical (unpaired) electrons. The zero-order valence-electron chi connectivity index (χ0n) is 16.0. The molecule has 1 aliphatic heterocycles. The average molecular weight is 389 g/mol. The molecule has 6 heteroatoms. The summed E-state index contributed by atoms with van der Waals surface area (Å²) in [5.74, 6) is 2.27. The quantitative estimate of drug-likeness (QED) is 0.829. The van der Waals surface area contributed by atoms with Crippen molar-refractivity contribution in [2.75, 3.05) is 19.6 Å². The monoisotopic (exact) mass is 388 g/mol. The van der Waals surface area contributed by atoms with Crippen molar-refractivity contribution in [2.24, 2.45) is 5.92 Å². The molecule has 2 fully saturated rings. The van der Waals surface area contributed by atoms with Crippen LogP contribution in [-0.4, -0.2) is 46.5 Å². The van der Waals surface area contributed by atoms with Crippen LogP contribution in [0, 0.1) is 5.92 Å². The number of carbonyl (C=O) groups excluding carboxylic acids is 1. The molecule has 2 atom stereocenters. The number of carbonyl (C=O) groups is 1. The molecule has 2 aromatic rings. The Labute approximate surface area is 165 Å². The molecule has 1 amide bonds. The molecule has 1 saturated heterocycles. The maximum atomic E-state index is 12.4. The summed E-state index contributed by atoms with van der Waals surface area (Å²) in [6.45, 7) is 4.66. The third-order valence-electron chi connectivity index (χ3n) is 6.26. The number of likely N-dealkylation sites (tertiary alicyclic amines) is 1. The van der Waals surface area contributed by atoms with E-state index in [1.54, 1.807) is 0 Å². The SMILES string of the molecule is C[C@@H]1CCCC[C@@H]1NC(=O)CN1CCC(c2nc3ccc(Cl)cc3[nH]2)CC1. The zero-order chi connectivity index (χ0) is 18.8. The van der Waals surface area contributed by atoms with Crippen molar-refractivity contribution in [2.45, 2.75) is 57.4 Å². The number of H-pyrrole nitrogens is 1. The number of rotatable bonds is 4. The van der Waals surface area contributed by atoms with Gasteiger partial charge >= 0.3 is 0 Å². The molecule has 2 aliphatic rings. The van der Waals surface area contributed by atoms with Gasteiger partial charge in [0.15, 0.2) is 0 Å². The smallest absolute Gasteiger partial charge is 0.234 e. The molecule has 27 heavy (non-hydrogen) atoms. The van der Waals surface area contributed by atoms with Gasteiger partial charge in [0, 0.05) is 17.0 Å². The molecule has 1 aliphatic carbocycles. The van der Waals surface area contributed by atoms with Crippen LogP contribution in [0.15, 0.2) is 18.2 Å². The van der Waals surface area contributed by atoms with Gasteiger partial charge in [-0.2, -0.15) is 0 Å². The van der Waals surface area contributed by atoms with Gasteiger partial charge in [-0.15, -0.1) is 0 Å². The number of halogens is 1. The number of nitrogens with one attached hydrogen (secondary N) is 2. The molecule has 0 spiro atoms. The molecule has 1 saturated carbocycles. The Bertz CT molecular complexity index is 797. The zero-order valence-corrected chi connectivity index (χ0v) is 16.8. The Hall–Kier alpha value is -1.59. The Morgan fingerprint density at radius 3 is 2.81 bits per heavy atom. The minimum Gasteiger partial charge on any atom is -0.352 e. The highest BCUT2D eigenvalue weighted by atomic mass is 35.5. The number of benzene rings is 1. The predicted molar refractivity (Wildman–Crippen MR) is 109 cm³/mol. The van der Waals surface area contributed by atoms with E-state index in [1.807, 2.05) is 18.2 Å². The second-order valence-corrected chi connectivity index (χ2v) is 8.71. The number of nitrogens with zero attached hydrogens (tertiary/aromatic N) is 2. The van der Waals surface area contributed by atoms with E-state index < -0.39 is 0 Å². The summed E-state index contributed by atoms with van der Waals surface area (Å²) in [6, 6.07) is 6.14. The highest BCUT2D eigenvalue weighted by Gasteiger charge is 2.26. The van der Waals surface area contributed by atoms with Gasteiger partial charge in [0.1, 0.15) is 5.82 Å². The predicted octanol–water partition coefficient (Wildman–Crippen LogP) is 4.09. The summed E-state index contributed by atoms with van der Waals surface area (Å²) in [6.07, 6.45) is 6.96. The summed E-state index contributed by atoms with van der Waals surface area (Å²) in [5, 5.41) is 4.00. The van der Waals surface area contributed by atoms with Crippen molar-refractivity contribution >= 4 is 28.5 Å². The van der Waals surface area contributed by atoms with E-state index in [1.165, 1.54) is 19.3 Å². The lowest BCUT2D eigenvalue weighted by molar-refractivity contribution is -0.123. The lowest BCUT2D eigenvalue weighted by Crippen LogP contribution is -2.47. The second-order valence-electron chi connectivity index (χ2n) is 8.27. The van der Waals surface area contributed by atoms with E-state index >= 15 is 0 Å². The molecular formula is C21H29ClN4O. The first kappa shape index (κ1) is 18.8.